The maximum atomic E-state index is 11.7. The number of nitrogens with one attached hydrogen (secondary N) is 1. The van der Waals surface area contributed by atoms with Gasteiger partial charge in [0, 0.05) is 18.7 Å². The van der Waals surface area contributed by atoms with E-state index in [1.807, 2.05) is 12.1 Å². The number of rotatable bonds is 11. The molecule has 27 heavy (non-hydrogen) atoms. The van der Waals surface area contributed by atoms with Crippen molar-refractivity contribution in [2.24, 2.45) is 0 Å². The van der Waals surface area contributed by atoms with Gasteiger partial charge in [-0.25, -0.2) is 4.79 Å². The molecular formula is C21H27NO5. The second-order valence-electron chi connectivity index (χ2n) is 6.05. The number of hydrogen-bond acceptors (Lipinski definition) is 5. The highest BCUT2D eigenvalue weighted by Gasteiger charge is 2.03. The van der Waals surface area contributed by atoms with Gasteiger partial charge in [-0.2, -0.15) is 0 Å². The molecule has 0 aliphatic rings. The van der Waals surface area contributed by atoms with Gasteiger partial charge in [-0.1, -0.05) is 12.8 Å². The van der Waals surface area contributed by atoms with Gasteiger partial charge in [-0.05, 0) is 61.4 Å². The van der Waals surface area contributed by atoms with Gasteiger partial charge in [0.05, 0.1) is 7.11 Å². The minimum Gasteiger partial charge on any atom is -0.497 e. The van der Waals surface area contributed by atoms with Crippen molar-refractivity contribution in [3.63, 3.8) is 0 Å². The van der Waals surface area contributed by atoms with Crippen molar-refractivity contribution in [1.82, 2.24) is 0 Å². The van der Waals surface area contributed by atoms with E-state index in [1.165, 1.54) is 0 Å². The van der Waals surface area contributed by atoms with Crippen molar-refractivity contribution in [3.8, 4) is 5.75 Å². The molecule has 1 amide bonds. The minimum atomic E-state index is -0.521. The summed E-state index contributed by atoms with van der Waals surface area (Å²) in [6.07, 6.45) is 7.92. The van der Waals surface area contributed by atoms with Crippen LogP contribution in [0.3, 0.4) is 0 Å². The smallest absolute Gasteiger partial charge is 0.411 e. The maximum Gasteiger partial charge on any atom is 0.411 e. The molecule has 0 atom stereocenters. The first-order valence-corrected chi connectivity index (χ1v) is 9.15. The number of aryl methyl sites for hydroxylation is 1. The molecule has 6 nitrogen and oxygen atoms in total. The molecule has 146 valence electrons. The van der Waals surface area contributed by atoms with Crippen LogP contribution in [0, 0.1) is 0 Å². The minimum absolute atomic E-state index is 0.152. The summed E-state index contributed by atoms with van der Waals surface area (Å²) in [4.78, 5) is 11.7. The quantitative estimate of drug-likeness (QED) is 0.561. The van der Waals surface area contributed by atoms with Crippen LogP contribution < -0.4 is 10.1 Å². The molecule has 0 bridgehead atoms. The van der Waals surface area contributed by atoms with Crippen LogP contribution in [-0.2, 0) is 11.2 Å². The molecule has 0 saturated carbocycles. The van der Waals surface area contributed by atoms with Crippen LogP contribution in [-0.4, -0.2) is 31.5 Å². The second kappa shape index (κ2) is 11.8. The van der Waals surface area contributed by atoms with Crippen LogP contribution >= 0.6 is 0 Å². The molecular weight excluding hydrogens is 346 g/mol. The van der Waals surface area contributed by atoms with Crippen LogP contribution in [0.25, 0.3) is 6.08 Å². The molecule has 0 radical (unpaired) electrons. The van der Waals surface area contributed by atoms with Gasteiger partial charge < -0.3 is 19.0 Å². The Morgan fingerprint density at radius 3 is 2.63 bits per heavy atom. The second-order valence-corrected chi connectivity index (χ2v) is 6.05. The van der Waals surface area contributed by atoms with E-state index in [-0.39, 0.29) is 13.2 Å². The fourth-order valence-corrected chi connectivity index (χ4v) is 2.50. The van der Waals surface area contributed by atoms with Crippen LogP contribution in [0.2, 0.25) is 0 Å². The Balaban J connectivity index is 1.65. The predicted octanol–water partition coefficient (Wildman–Crippen LogP) is 4.65. The van der Waals surface area contributed by atoms with E-state index in [0.717, 1.165) is 49.4 Å². The zero-order chi connectivity index (χ0) is 19.3. The fourth-order valence-electron chi connectivity index (χ4n) is 2.50. The lowest BCUT2D eigenvalue weighted by Gasteiger charge is -2.06. The summed E-state index contributed by atoms with van der Waals surface area (Å²) < 4.78 is 15.9. The molecule has 0 saturated heterocycles. The summed E-state index contributed by atoms with van der Waals surface area (Å²) in [5.41, 5.74) is 0.638. The highest BCUT2D eigenvalue weighted by Crippen LogP contribution is 2.15. The summed E-state index contributed by atoms with van der Waals surface area (Å²) in [5, 5.41) is 11.4. The molecule has 0 spiro atoms. The lowest BCUT2D eigenvalue weighted by atomic mass is 10.1. The lowest BCUT2D eigenvalue weighted by Crippen LogP contribution is -2.13. The topological polar surface area (TPSA) is 80.9 Å². The first kappa shape index (κ1) is 20.6. The highest BCUT2D eigenvalue weighted by atomic mass is 16.5. The first-order chi connectivity index (χ1) is 13.2. The third-order valence-corrected chi connectivity index (χ3v) is 3.94. The number of aliphatic hydroxyl groups is 1. The summed E-state index contributed by atoms with van der Waals surface area (Å²) in [6, 6.07) is 10.9. The standard InChI is InChI=1S/C21H27NO5/c1-25-18-11-9-17(10-12-18)22-21(24)26-16-6-8-20-14-13-19(27-20)7-4-2-3-5-15-23/h6,8-14,23H,2-5,7,15-16H2,1H3,(H,22,24). The number of carbonyl (C=O) groups is 1. The van der Waals surface area contributed by atoms with Gasteiger partial charge in [-0.3, -0.25) is 5.32 Å². The molecule has 1 aromatic heterocycles. The number of furan rings is 1. The molecule has 0 unspecified atom stereocenters. The Labute approximate surface area is 159 Å². The van der Waals surface area contributed by atoms with E-state index in [2.05, 4.69) is 5.32 Å². The number of amides is 1. The van der Waals surface area contributed by atoms with E-state index < -0.39 is 6.09 Å². The van der Waals surface area contributed by atoms with E-state index in [4.69, 9.17) is 19.0 Å². The predicted molar refractivity (Wildman–Crippen MR) is 105 cm³/mol. The number of hydrogen-bond donors (Lipinski definition) is 2. The van der Waals surface area contributed by atoms with E-state index >= 15 is 0 Å². The van der Waals surface area contributed by atoms with Crippen molar-refractivity contribution < 1.29 is 23.8 Å². The summed E-state index contributed by atoms with van der Waals surface area (Å²) >= 11 is 0. The zero-order valence-corrected chi connectivity index (χ0v) is 15.6. The molecule has 2 N–H and O–H groups in total. The Morgan fingerprint density at radius 1 is 1.11 bits per heavy atom. The number of aliphatic hydroxyl groups excluding tert-OH is 1. The molecule has 2 rings (SSSR count). The molecule has 0 fully saturated rings. The number of benzene rings is 1. The number of carbonyl (C=O) groups excluding carboxylic acids is 1. The normalized spacial score (nSPS) is 10.9. The average Bonchev–Trinajstić information content (AvgIpc) is 3.13. The Morgan fingerprint density at radius 2 is 1.89 bits per heavy atom. The summed E-state index contributed by atoms with van der Waals surface area (Å²) in [5.74, 6) is 2.40. The summed E-state index contributed by atoms with van der Waals surface area (Å²) in [7, 11) is 1.59. The number of methoxy groups -OCH3 is 1. The Kier molecular flexibility index (Phi) is 9.00. The van der Waals surface area contributed by atoms with Crippen molar-refractivity contribution >= 4 is 17.9 Å². The molecule has 0 aliphatic carbocycles. The third-order valence-electron chi connectivity index (χ3n) is 3.94. The SMILES string of the molecule is COc1ccc(NC(=O)OCC=Cc2ccc(CCCCCCO)o2)cc1. The van der Waals surface area contributed by atoms with Gasteiger partial charge in [0.1, 0.15) is 23.9 Å². The number of unbranched alkanes of at least 4 members (excludes halogenated alkanes) is 3. The molecule has 1 heterocycles. The van der Waals surface area contributed by atoms with Gasteiger partial charge in [0.15, 0.2) is 0 Å². The van der Waals surface area contributed by atoms with Crippen LogP contribution in [0.5, 0.6) is 5.75 Å². The van der Waals surface area contributed by atoms with Gasteiger partial charge in [0.2, 0.25) is 0 Å². The third kappa shape index (κ3) is 8.00. The van der Waals surface area contributed by atoms with Crippen molar-refractivity contribution in [2.45, 2.75) is 32.1 Å². The Hall–Kier alpha value is -2.73. The Bertz CT molecular complexity index is 706. The number of anilines is 1. The molecule has 2 aromatic rings. The molecule has 6 heteroatoms. The van der Waals surface area contributed by atoms with Crippen molar-refractivity contribution in [2.75, 3.05) is 25.6 Å². The fraction of sp³-hybridized carbons (Fsp3) is 0.381. The lowest BCUT2D eigenvalue weighted by molar-refractivity contribution is 0.174. The van der Waals surface area contributed by atoms with Crippen LogP contribution in [0.1, 0.15) is 37.2 Å². The van der Waals surface area contributed by atoms with Crippen LogP contribution in [0.4, 0.5) is 10.5 Å². The monoisotopic (exact) mass is 373 g/mol. The molecule has 1 aromatic carbocycles. The largest absolute Gasteiger partial charge is 0.497 e. The van der Waals surface area contributed by atoms with E-state index in [1.54, 1.807) is 43.5 Å². The van der Waals surface area contributed by atoms with Gasteiger partial charge in [-0.15, -0.1) is 0 Å². The van der Waals surface area contributed by atoms with E-state index in [0.29, 0.717) is 5.69 Å². The summed E-state index contributed by atoms with van der Waals surface area (Å²) in [6.45, 7) is 0.412. The van der Waals surface area contributed by atoms with Crippen molar-refractivity contribution in [1.29, 1.82) is 0 Å². The molecule has 0 aliphatic heterocycles. The zero-order valence-electron chi connectivity index (χ0n) is 15.6. The van der Waals surface area contributed by atoms with Gasteiger partial charge >= 0.3 is 6.09 Å². The van der Waals surface area contributed by atoms with Crippen LogP contribution in [0.15, 0.2) is 46.9 Å². The number of ether oxygens (including phenoxy) is 2. The average molecular weight is 373 g/mol. The first-order valence-electron chi connectivity index (χ1n) is 9.15. The van der Waals surface area contributed by atoms with Gasteiger partial charge in [0.25, 0.3) is 0 Å². The van der Waals surface area contributed by atoms with E-state index in [9.17, 15) is 4.79 Å². The highest BCUT2D eigenvalue weighted by molar-refractivity contribution is 5.84. The van der Waals surface area contributed by atoms with Crippen molar-refractivity contribution in [3.05, 3.63) is 54.0 Å². The maximum absolute atomic E-state index is 11.7.